The molecule has 0 aliphatic carbocycles. The standard InChI is InChI=1S/C16H22N4O/c1-4-12-5-7-13(8-6-12)15(17)11-20-16(21)9-14(10-18-20)19(2)3/h5-10,15H,4,11,17H2,1-3H3. The van der Waals surface area contributed by atoms with E-state index in [0.717, 1.165) is 17.7 Å². The summed E-state index contributed by atoms with van der Waals surface area (Å²) in [5, 5.41) is 4.18. The maximum absolute atomic E-state index is 12.0. The molecule has 2 rings (SSSR count). The molecule has 0 saturated heterocycles. The molecule has 5 nitrogen and oxygen atoms in total. The third-order valence-electron chi connectivity index (χ3n) is 3.56. The molecular formula is C16H22N4O. The Morgan fingerprint density at radius 1 is 1.29 bits per heavy atom. The zero-order chi connectivity index (χ0) is 15.4. The second kappa shape index (κ2) is 6.54. The molecule has 1 aromatic carbocycles. The van der Waals surface area contributed by atoms with Crippen molar-refractivity contribution in [3.05, 3.63) is 58.0 Å². The van der Waals surface area contributed by atoms with Crippen LogP contribution in [0.5, 0.6) is 0 Å². The summed E-state index contributed by atoms with van der Waals surface area (Å²) in [6.45, 7) is 2.49. The van der Waals surface area contributed by atoms with Gasteiger partial charge in [-0.2, -0.15) is 5.10 Å². The highest BCUT2D eigenvalue weighted by molar-refractivity contribution is 5.40. The van der Waals surface area contributed by atoms with Gasteiger partial charge in [0.2, 0.25) is 0 Å². The number of rotatable bonds is 5. The number of nitrogens with zero attached hydrogens (tertiary/aromatic N) is 3. The summed E-state index contributed by atoms with van der Waals surface area (Å²) in [6, 6.07) is 9.50. The summed E-state index contributed by atoms with van der Waals surface area (Å²) < 4.78 is 1.41. The molecule has 112 valence electrons. The Kier molecular flexibility index (Phi) is 4.75. The lowest BCUT2D eigenvalue weighted by molar-refractivity contribution is 0.504. The van der Waals surface area contributed by atoms with Gasteiger partial charge in [0, 0.05) is 26.2 Å². The minimum Gasteiger partial charge on any atom is -0.376 e. The maximum atomic E-state index is 12.0. The molecule has 1 atom stereocenters. The van der Waals surface area contributed by atoms with Gasteiger partial charge in [0.15, 0.2) is 0 Å². The lowest BCUT2D eigenvalue weighted by Crippen LogP contribution is -2.29. The van der Waals surface area contributed by atoms with Crippen molar-refractivity contribution >= 4 is 5.69 Å². The van der Waals surface area contributed by atoms with E-state index in [2.05, 4.69) is 24.2 Å². The Balaban J connectivity index is 2.15. The predicted octanol–water partition coefficient (Wildman–Crippen LogP) is 1.57. The van der Waals surface area contributed by atoms with E-state index in [1.54, 1.807) is 12.3 Å². The number of aryl methyl sites for hydroxylation is 1. The molecule has 2 aromatic rings. The predicted molar refractivity (Wildman–Crippen MR) is 85.6 cm³/mol. The summed E-state index contributed by atoms with van der Waals surface area (Å²) in [5.74, 6) is 0. The largest absolute Gasteiger partial charge is 0.376 e. The van der Waals surface area contributed by atoms with Crippen molar-refractivity contribution in [1.82, 2.24) is 9.78 Å². The Morgan fingerprint density at radius 3 is 2.48 bits per heavy atom. The summed E-state index contributed by atoms with van der Waals surface area (Å²) in [7, 11) is 3.75. The van der Waals surface area contributed by atoms with Crippen LogP contribution in [0.1, 0.15) is 24.1 Å². The summed E-state index contributed by atoms with van der Waals surface area (Å²) >= 11 is 0. The molecule has 1 heterocycles. The van der Waals surface area contributed by atoms with Crippen LogP contribution in [0, 0.1) is 0 Å². The van der Waals surface area contributed by atoms with Crippen molar-refractivity contribution in [3.63, 3.8) is 0 Å². The number of benzene rings is 1. The van der Waals surface area contributed by atoms with E-state index in [4.69, 9.17) is 5.73 Å². The van der Waals surface area contributed by atoms with Gasteiger partial charge >= 0.3 is 0 Å². The van der Waals surface area contributed by atoms with Gasteiger partial charge in [0.1, 0.15) is 0 Å². The van der Waals surface area contributed by atoms with Crippen LogP contribution in [0.2, 0.25) is 0 Å². The molecule has 21 heavy (non-hydrogen) atoms. The van der Waals surface area contributed by atoms with E-state index >= 15 is 0 Å². The first-order valence-corrected chi connectivity index (χ1v) is 7.10. The minimum absolute atomic E-state index is 0.137. The molecule has 2 N–H and O–H groups in total. The minimum atomic E-state index is -0.244. The van der Waals surface area contributed by atoms with Gasteiger partial charge in [-0.15, -0.1) is 0 Å². The molecule has 0 fully saturated rings. The molecule has 0 aliphatic rings. The van der Waals surface area contributed by atoms with Crippen molar-refractivity contribution in [1.29, 1.82) is 0 Å². The number of aromatic nitrogens is 2. The normalized spacial score (nSPS) is 12.2. The highest BCUT2D eigenvalue weighted by atomic mass is 16.1. The SMILES string of the molecule is CCc1ccc(C(N)Cn2ncc(N(C)C)cc2=O)cc1. The Bertz CT molecular complexity index is 646. The van der Waals surface area contributed by atoms with Gasteiger partial charge in [-0.05, 0) is 17.5 Å². The first-order valence-electron chi connectivity index (χ1n) is 7.10. The van der Waals surface area contributed by atoms with E-state index in [9.17, 15) is 4.79 Å². The lowest BCUT2D eigenvalue weighted by Gasteiger charge is -2.15. The summed E-state index contributed by atoms with van der Waals surface area (Å²) in [6.07, 6.45) is 2.68. The smallest absolute Gasteiger partial charge is 0.268 e. The number of anilines is 1. The van der Waals surface area contributed by atoms with Crippen LogP contribution in [0.3, 0.4) is 0 Å². The lowest BCUT2D eigenvalue weighted by atomic mass is 10.0. The quantitative estimate of drug-likeness (QED) is 0.906. The molecule has 1 aromatic heterocycles. The third kappa shape index (κ3) is 3.70. The molecule has 0 amide bonds. The zero-order valence-electron chi connectivity index (χ0n) is 12.8. The van der Waals surface area contributed by atoms with Gasteiger partial charge in [-0.1, -0.05) is 31.2 Å². The van der Waals surface area contributed by atoms with Crippen LogP contribution in [0.25, 0.3) is 0 Å². The highest BCUT2D eigenvalue weighted by Crippen LogP contribution is 2.13. The summed E-state index contributed by atoms with van der Waals surface area (Å²) in [5.41, 5.74) is 9.11. The highest BCUT2D eigenvalue weighted by Gasteiger charge is 2.09. The fourth-order valence-corrected chi connectivity index (χ4v) is 2.10. The van der Waals surface area contributed by atoms with Crippen LogP contribution in [-0.4, -0.2) is 23.9 Å². The van der Waals surface area contributed by atoms with E-state index in [-0.39, 0.29) is 11.6 Å². The van der Waals surface area contributed by atoms with Gasteiger partial charge in [-0.3, -0.25) is 4.79 Å². The third-order valence-corrected chi connectivity index (χ3v) is 3.56. The zero-order valence-corrected chi connectivity index (χ0v) is 12.8. The van der Waals surface area contributed by atoms with Gasteiger partial charge < -0.3 is 10.6 Å². The van der Waals surface area contributed by atoms with Gasteiger partial charge in [0.05, 0.1) is 18.4 Å². The maximum Gasteiger partial charge on any atom is 0.268 e. The monoisotopic (exact) mass is 286 g/mol. The Hall–Kier alpha value is -2.14. The molecule has 0 saturated carbocycles. The number of nitrogens with two attached hydrogens (primary N) is 1. The van der Waals surface area contributed by atoms with E-state index in [0.29, 0.717) is 6.54 Å². The van der Waals surface area contributed by atoms with Crippen molar-refractivity contribution in [2.24, 2.45) is 5.73 Å². The first kappa shape index (κ1) is 15.3. The second-order valence-corrected chi connectivity index (χ2v) is 5.33. The first-order chi connectivity index (χ1) is 10.0. The van der Waals surface area contributed by atoms with E-state index in [1.165, 1.54) is 10.2 Å². The molecule has 0 bridgehead atoms. The molecule has 0 spiro atoms. The van der Waals surface area contributed by atoms with Crippen LogP contribution < -0.4 is 16.2 Å². The molecule has 5 heteroatoms. The van der Waals surface area contributed by atoms with Crippen molar-refractivity contribution in [3.8, 4) is 0 Å². The van der Waals surface area contributed by atoms with Crippen LogP contribution >= 0.6 is 0 Å². The summed E-state index contributed by atoms with van der Waals surface area (Å²) in [4.78, 5) is 13.9. The molecule has 1 unspecified atom stereocenters. The average molecular weight is 286 g/mol. The molecule has 0 radical (unpaired) electrons. The Labute approximate surface area is 125 Å². The van der Waals surface area contributed by atoms with E-state index < -0.39 is 0 Å². The van der Waals surface area contributed by atoms with Crippen LogP contribution in [0.4, 0.5) is 5.69 Å². The fraction of sp³-hybridized carbons (Fsp3) is 0.375. The van der Waals surface area contributed by atoms with Crippen molar-refractivity contribution in [2.75, 3.05) is 19.0 Å². The molecule has 0 aliphatic heterocycles. The van der Waals surface area contributed by atoms with Crippen LogP contribution in [0.15, 0.2) is 41.3 Å². The van der Waals surface area contributed by atoms with E-state index in [1.807, 2.05) is 31.1 Å². The average Bonchev–Trinajstić information content (AvgIpc) is 2.49. The second-order valence-electron chi connectivity index (χ2n) is 5.33. The number of hydrogen-bond donors (Lipinski definition) is 1. The van der Waals surface area contributed by atoms with Crippen LogP contribution in [-0.2, 0) is 13.0 Å². The van der Waals surface area contributed by atoms with Crippen molar-refractivity contribution in [2.45, 2.75) is 25.9 Å². The number of hydrogen-bond acceptors (Lipinski definition) is 4. The van der Waals surface area contributed by atoms with Crippen molar-refractivity contribution < 1.29 is 0 Å². The van der Waals surface area contributed by atoms with Gasteiger partial charge in [0.25, 0.3) is 5.56 Å². The topological polar surface area (TPSA) is 64.2 Å². The molecular weight excluding hydrogens is 264 g/mol. The Morgan fingerprint density at radius 2 is 1.95 bits per heavy atom. The fourth-order valence-electron chi connectivity index (χ4n) is 2.10. The van der Waals surface area contributed by atoms with Gasteiger partial charge in [-0.25, -0.2) is 4.68 Å².